The summed E-state index contributed by atoms with van der Waals surface area (Å²) >= 11 is 0.913. The molecule has 0 bridgehead atoms. The number of carbonyl (C=O) groups excluding carboxylic acids is 1. The second-order valence-electron chi connectivity index (χ2n) is 4.42. The summed E-state index contributed by atoms with van der Waals surface area (Å²) in [5.41, 5.74) is 0. The van der Waals surface area contributed by atoms with Crippen molar-refractivity contribution in [2.75, 3.05) is 6.54 Å². The third kappa shape index (κ3) is 5.83. The Labute approximate surface area is 117 Å². The average molecular weight is 284 g/mol. The Kier molecular flexibility index (Phi) is 7.10. The first kappa shape index (κ1) is 15.6. The van der Waals surface area contributed by atoms with Gasteiger partial charge in [-0.1, -0.05) is 50.4 Å². The van der Waals surface area contributed by atoms with Crippen LogP contribution < -0.4 is 5.32 Å². The minimum Gasteiger partial charge on any atom is -0.351 e. The highest BCUT2D eigenvalue weighted by molar-refractivity contribution is 7.17. The van der Waals surface area contributed by atoms with Crippen LogP contribution in [0.4, 0.5) is 5.00 Å². The van der Waals surface area contributed by atoms with Gasteiger partial charge < -0.3 is 5.32 Å². The summed E-state index contributed by atoms with van der Waals surface area (Å²) < 4.78 is 0. The number of amides is 1. The molecule has 6 heteroatoms. The number of hydrogen-bond donors (Lipinski definition) is 1. The molecule has 1 heterocycles. The Bertz CT molecular complexity index is 418. The summed E-state index contributed by atoms with van der Waals surface area (Å²) in [7, 11) is 0. The molecule has 1 N–H and O–H groups in total. The van der Waals surface area contributed by atoms with Crippen LogP contribution in [-0.4, -0.2) is 17.4 Å². The Hall–Kier alpha value is -1.43. The molecule has 1 aromatic heterocycles. The van der Waals surface area contributed by atoms with Crippen molar-refractivity contribution in [2.24, 2.45) is 0 Å². The molecule has 0 unspecified atom stereocenters. The summed E-state index contributed by atoms with van der Waals surface area (Å²) in [6.07, 6.45) is 7.03. The van der Waals surface area contributed by atoms with Gasteiger partial charge in [0.25, 0.3) is 5.91 Å². The van der Waals surface area contributed by atoms with E-state index in [2.05, 4.69) is 12.2 Å². The van der Waals surface area contributed by atoms with Crippen molar-refractivity contribution in [1.82, 2.24) is 5.32 Å². The van der Waals surface area contributed by atoms with E-state index in [4.69, 9.17) is 0 Å². The number of hydrogen-bond acceptors (Lipinski definition) is 4. The van der Waals surface area contributed by atoms with E-state index in [0.717, 1.165) is 24.2 Å². The normalized spacial score (nSPS) is 10.4. The lowest BCUT2D eigenvalue weighted by Gasteiger charge is -2.03. The molecule has 1 rings (SSSR count). The van der Waals surface area contributed by atoms with Crippen LogP contribution in [0.5, 0.6) is 0 Å². The molecule has 0 fully saturated rings. The van der Waals surface area contributed by atoms with Gasteiger partial charge in [-0.3, -0.25) is 14.9 Å². The molecule has 1 amide bonds. The fourth-order valence-electron chi connectivity index (χ4n) is 1.74. The molecule has 0 radical (unpaired) electrons. The predicted octanol–water partition coefficient (Wildman–Crippen LogP) is 3.75. The number of thiophene rings is 1. The van der Waals surface area contributed by atoms with Crippen LogP contribution in [0.2, 0.25) is 0 Å². The van der Waals surface area contributed by atoms with Crippen LogP contribution in [0, 0.1) is 10.1 Å². The van der Waals surface area contributed by atoms with E-state index in [1.165, 1.54) is 37.8 Å². The fourth-order valence-corrected chi connectivity index (χ4v) is 2.48. The van der Waals surface area contributed by atoms with E-state index in [1.54, 1.807) is 0 Å². The summed E-state index contributed by atoms with van der Waals surface area (Å²) in [6.45, 7) is 2.82. The van der Waals surface area contributed by atoms with Crippen molar-refractivity contribution in [3.63, 3.8) is 0 Å². The number of nitrogens with zero attached hydrogens (tertiary/aromatic N) is 1. The summed E-state index contributed by atoms with van der Waals surface area (Å²) in [5.74, 6) is -0.216. The van der Waals surface area contributed by atoms with E-state index >= 15 is 0 Å². The molecule has 0 saturated carbocycles. The molecule has 106 valence electrons. The lowest BCUT2D eigenvalue weighted by atomic mass is 10.1. The first-order valence-corrected chi connectivity index (χ1v) is 7.49. The van der Waals surface area contributed by atoms with E-state index in [-0.39, 0.29) is 10.9 Å². The maximum Gasteiger partial charge on any atom is 0.324 e. The minimum atomic E-state index is -0.477. The van der Waals surface area contributed by atoms with Crippen molar-refractivity contribution in [1.29, 1.82) is 0 Å². The van der Waals surface area contributed by atoms with Crippen LogP contribution in [0.1, 0.15) is 55.1 Å². The van der Waals surface area contributed by atoms with Crippen LogP contribution in [0.3, 0.4) is 0 Å². The SMILES string of the molecule is CCCCCCCCNC(=O)c1ccc([N+](=O)[O-])s1. The van der Waals surface area contributed by atoms with Crippen LogP contribution in [0.15, 0.2) is 12.1 Å². The first-order valence-electron chi connectivity index (χ1n) is 6.67. The van der Waals surface area contributed by atoms with Crippen molar-refractivity contribution in [2.45, 2.75) is 45.4 Å². The third-order valence-electron chi connectivity index (χ3n) is 2.81. The molecule has 0 spiro atoms. The van der Waals surface area contributed by atoms with E-state index < -0.39 is 4.92 Å². The van der Waals surface area contributed by atoms with Gasteiger partial charge in [0.2, 0.25) is 0 Å². The van der Waals surface area contributed by atoms with Gasteiger partial charge in [-0.05, 0) is 12.5 Å². The van der Waals surface area contributed by atoms with Crippen molar-refractivity contribution in [3.8, 4) is 0 Å². The molecular formula is C13H20N2O3S. The maximum absolute atomic E-state index is 11.7. The van der Waals surface area contributed by atoms with Gasteiger partial charge in [-0.25, -0.2) is 0 Å². The zero-order valence-electron chi connectivity index (χ0n) is 11.2. The van der Waals surface area contributed by atoms with Crippen LogP contribution >= 0.6 is 11.3 Å². The van der Waals surface area contributed by atoms with Gasteiger partial charge in [0.1, 0.15) is 0 Å². The van der Waals surface area contributed by atoms with Crippen LogP contribution in [-0.2, 0) is 0 Å². The largest absolute Gasteiger partial charge is 0.351 e. The average Bonchev–Trinajstić information content (AvgIpc) is 2.87. The molecule has 1 aromatic rings. The van der Waals surface area contributed by atoms with Gasteiger partial charge in [0, 0.05) is 12.6 Å². The second kappa shape index (κ2) is 8.63. The molecule has 0 aliphatic rings. The van der Waals surface area contributed by atoms with E-state index in [9.17, 15) is 14.9 Å². The minimum absolute atomic E-state index is 0.00437. The maximum atomic E-state index is 11.7. The van der Waals surface area contributed by atoms with Gasteiger partial charge in [0.15, 0.2) is 0 Å². The third-order valence-corrected chi connectivity index (χ3v) is 3.85. The van der Waals surface area contributed by atoms with Gasteiger partial charge in [-0.15, -0.1) is 0 Å². The number of nitro groups is 1. The summed E-state index contributed by atoms with van der Waals surface area (Å²) in [5, 5.41) is 13.3. The smallest absolute Gasteiger partial charge is 0.324 e. The monoisotopic (exact) mass is 284 g/mol. The van der Waals surface area contributed by atoms with Gasteiger partial charge in [0.05, 0.1) is 9.80 Å². The second-order valence-corrected chi connectivity index (χ2v) is 5.48. The first-order chi connectivity index (χ1) is 9.15. The summed E-state index contributed by atoms with van der Waals surface area (Å²) in [4.78, 5) is 22.1. The van der Waals surface area contributed by atoms with E-state index in [1.807, 2.05) is 0 Å². The molecule has 5 nitrogen and oxygen atoms in total. The fraction of sp³-hybridized carbons (Fsp3) is 0.615. The molecule has 0 aliphatic carbocycles. The standard InChI is InChI=1S/C13H20N2O3S/c1-2-3-4-5-6-7-10-14-13(16)11-8-9-12(19-11)15(17)18/h8-9H,2-7,10H2,1H3,(H,14,16). The quantitative estimate of drug-likeness (QED) is 0.426. The predicted molar refractivity (Wildman–Crippen MR) is 76.7 cm³/mol. The molecule has 0 saturated heterocycles. The Balaban J connectivity index is 2.18. The molecule has 19 heavy (non-hydrogen) atoms. The zero-order valence-corrected chi connectivity index (χ0v) is 12.0. The molecule has 0 aromatic carbocycles. The van der Waals surface area contributed by atoms with Gasteiger partial charge in [-0.2, -0.15) is 0 Å². The van der Waals surface area contributed by atoms with Crippen molar-refractivity contribution < 1.29 is 9.72 Å². The molecule has 0 atom stereocenters. The van der Waals surface area contributed by atoms with Crippen molar-refractivity contribution >= 4 is 22.2 Å². The lowest BCUT2D eigenvalue weighted by molar-refractivity contribution is -0.380. The Morgan fingerprint density at radius 2 is 1.95 bits per heavy atom. The zero-order chi connectivity index (χ0) is 14.1. The topological polar surface area (TPSA) is 72.2 Å². The van der Waals surface area contributed by atoms with Gasteiger partial charge >= 0.3 is 5.00 Å². The highest BCUT2D eigenvalue weighted by Crippen LogP contribution is 2.23. The Morgan fingerprint density at radius 1 is 1.26 bits per heavy atom. The lowest BCUT2D eigenvalue weighted by Crippen LogP contribution is -2.23. The number of carbonyl (C=O) groups is 1. The molecule has 0 aliphatic heterocycles. The Morgan fingerprint density at radius 3 is 2.58 bits per heavy atom. The molecular weight excluding hydrogens is 264 g/mol. The number of rotatable bonds is 9. The highest BCUT2D eigenvalue weighted by Gasteiger charge is 2.14. The number of nitrogens with one attached hydrogen (secondary N) is 1. The van der Waals surface area contributed by atoms with Crippen molar-refractivity contribution in [3.05, 3.63) is 27.1 Å². The van der Waals surface area contributed by atoms with E-state index in [0.29, 0.717) is 11.4 Å². The van der Waals surface area contributed by atoms with Crippen LogP contribution in [0.25, 0.3) is 0 Å². The highest BCUT2D eigenvalue weighted by atomic mass is 32.1. The summed E-state index contributed by atoms with van der Waals surface area (Å²) in [6, 6.07) is 2.86. The number of unbranched alkanes of at least 4 members (excludes halogenated alkanes) is 5.